The van der Waals surface area contributed by atoms with Gasteiger partial charge in [0.15, 0.2) is 0 Å². The zero-order valence-electron chi connectivity index (χ0n) is 10.7. The van der Waals surface area contributed by atoms with Gasteiger partial charge in [-0.1, -0.05) is 0 Å². The van der Waals surface area contributed by atoms with Gasteiger partial charge in [-0.25, -0.2) is 0 Å². The normalized spacial score (nSPS) is 10.2. The molecule has 4 heteroatoms. The van der Waals surface area contributed by atoms with E-state index in [4.69, 9.17) is 15.2 Å². The number of pyridine rings is 1. The fourth-order valence-corrected chi connectivity index (χ4v) is 1.74. The van der Waals surface area contributed by atoms with Gasteiger partial charge in [-0.15, -0.1) is 0 Å². The van der Waals surface area contributed by atoms with Gasteiger partial charge in [-0.2, -0.15) is 0 Å². The number of hydrogen-bond acceptors (Lipinski definition) is 4. The predicted molar refractivity (Wildman–Crippen MR) is 71.9 cm³/mol. The molecule has 94 valence electrons. The molecule has 2 rings (SSSR count). The maximum Gasteiger partial charge on any atom is 0.128 e. The lowest BCUT2D eigenvalue weighted by atomic mass is 10.1. The fraction of sp³-hybridized carbons (Fsp3) is 0.214. The molecule has 0 spiro atoms. The third-order valence-electron chi connectivity index (χ3n) is 2.81. The molecule has 1 heterocycles. The molecule has 0 radical (unpaired) electrons. The summed E-state index contributed by atoms with van der Waals surface area (Å²) < 4.78 is 10.6. The van der Waals surface area contributed by atoms with E-state index >= 15 is 0 Å². The van der Waals surface area contributed by atoms with Crippen molar-refractivity contribution in [2.75, 3.05) is 20.0 Å². The third-order valence-corrected chi connectivity index (χ3v) is 2.81. The highest BCUT2D eigenvalue weighted by molar-refractivity contribution is 5.70. The number of anilines is 1. The van der Waals surface area contributed by atoms with Gasteiger partial charge in [-0.3, -0.25) is 4.98 Å². The first-order valence-corrected chi connectivity index (χ1v) is 5.61. The minimum Gasteiger partial charge on any atom is -0.497 e. The second-order valence-electron chi connectivity index (χ2n) is 3.94. The zero-order chi connectivity index (χ0) is 13.1. The Morgan fingerprint density at radius 1 is 1.06 bits per heavy atom. The van der Waals surface area contributed by atoms with Crippen molar-refractivity contribution in [2.45, 2.75) is 6.92 Å². The molecule has 1 aromatic carbocycles. The first kappa shape index (κ1) is 12.2. The van der Waals surface area contributed by atoms with Gasteiger partial charge >= 0.3 is 0 Å². The summed E-state index contributed by atoms with van der Waals surface area (Å²) in [6.07, 6.45) is 0. The van der Waals surface area contributed by atoms with E-state index in [0.717, 1.165) is 28.5 Å². The molecular formula is C14H16N2O2. The number of nitrogens with zero attached hydrogens (tertiary/aromatic N) is 1. The molecule has 0 aliphatic carbocycles. The lowest BCUT2D eigenvalue weighted by Crippen LogP contribution is -1.96. The molecule has 0 saturated carbocycles. The lowest BCUT2D eigenvalue weighted by molar-refractivity contribution is 0.404. The van der Waals surface area contributed by atoms with Crippen LogP contribution in [0.4, 0.5) is 5.69 Å². The van der Waals surface area contributed by atoms with Crippen LogP contribution in [0.15, 0.2) is 30.3 Å². The van der Waals surface area contributed by atoms with Gasteiger partial charge in [0, 0.05) is 5.56 Å². The highest BCUT2D eigenvalue weighted by Gasteiger charge is 2.09. The largest absolute Gasteiger partial charge is 0.497 e. The lowest BCUT2D eigenvalue weighted by Gasteiger charge is -2.11. The summed E-state index contributed by atoms with van der Waals surface area (Å²) in [5.41, 5.74) is 8.97. The predicted octanol–water partition coefficient (Wildman–Crippen LogP) is 2.66. The van der Waals surface area contributed by atoms with Crippen LogP contribution in [0.3, 0.4) is 0 Å². The molecule has 0 saturated heterocycles. The number of aryl methyl sites for hydroxylation is 1. The summed E-state index contributed by atoms with van der Waals surface area (Å²) in [5, 5.41) is 0. The molecule has 0 unspecified atom stereocenters. The number of nitrogen functional groups attached to an aromatic ring is 1. The van der Waals surface area contributed by atoms with Crippen LogP contribution in [0.25, 0.3) is 11.3 Å². The number of methoxy groups -OCH3 is 2. The summed E-state index contributed by atoms with van der Waals surface area (Å²) in [5.74, 6) is 1.52. The van der Waals surface area contributed by atoms with E-state index in [2.05, 4.69) is 4.98 Å². The average molecular weight is 244 g/mol. The maximum absolute atomic E-state index is 5.77. The molecule has 2 aromatic rings. The van der Waals surface area contributed by atoms with E-state index in [0.29, 0.717) is 5.69 Å². The minimum absolute atomic E-state index is 0.681. The highest BCUT2D eigenvalue weighted by Crippen LogP contribution is 2.32. The van der Waals surface area contributed by atoms with Crippen molar-refractivity contribution in [1.82, 2.24) is 4.98 Å². The van der Waals surface area contributed by atoms with Crippen molar-refractivity contribution in [3.8, 4) is 22.8 Å². The SMILES string of the molecule is COc1ccc(OC)c(-c2ccc(N)c(C)n2)c1. The maximum atomic E-state index is 5.77. The Balaban J connectivity index is 2.57. The first-order valence-electron chi connectivity index (χ1n) is 5.61. The summed E-state index contributed by atoms with van der Waals surface area (Å²) in [6, 6.07) is 9.33. The van der Waals surface area contributed by atoms with Gasteiger partial charge in [0.2, 0.25) is 0 Å². The topological polar surface area (TPSA) is 57.4 Å². The van der Waals surface area contributed by atoms with E-state index < -0.39 is 0 Å². The van der Waals surface area contributed by atoms with Crippen LogP contribution < -0.4 is 15.2 Å². The standard InChI is InChI=1S/C14H16N2O2/c1-9-12(15)5-6-13(16-9)11-8-10(17-2)4-7-14(11)18-3/h4-8H,15H2,1-3H3. The second kappa shape index (κ2) is 4.96. The van der Waals surface area contributed by atoms with Gasteiger partial charge in [-0.05, 0) is 37.3 Å². The van der Waals surface area contributed by atoms with Crippen molar-refractivity contribution in [1.29, 1.82) is 0 Å². The zero-order valence-corrected chi connectivity index (χ0v) is 10.7. The van der Waals surface area contributed by atoms with Crippen LogP contribution in [0, 0.1) is 6.92 Å². The number of benzene rings is 1. The van der Waals surface area contributed by atoms with E-state index in [1.807, 2.05) is 37.3 Å². The molecule has 2 N–H and O–H groups in total. The van der Waals surface area contributed by atoms with Crippen LogP contribution in [0.5, 0.6) is 11.5 Å². The Kier molecular flexibility index (Phi) is 3.37. The number of hydrogen-bond donors (Lipinski definition) is 1. The van der Waals surface area contributed by atoms with Crippen LogP contribution in [0.2, 0.25) is 0 Å². The van der Waals surface area contributed by atoms with Crippen LogP contribution in [0.1, 0.15) is 5.69 Å². The van der Waals surface area contributed by atoms with Crippen LogP contribution in [-0.4, -0.2) is 19.2 Å². The van der Waals surface area contributed by atoms with E-state index in [1.54, 1.807) is 14.2 Å². The number of ether oxygens (including phenoxy) is 2. The number of nitrogens with two attached hydrogens (primary N) is 1. The number of aromatic nitrogens is 1. The van der Waals surface area contributed by atoms with E-state index in [1.165, 1.54) is 0 Å². The molecule has 0 fully saturated rings. The molecule has 18 heavy (non-hydrogen) atoms. The van der Waals surface area contributed by atoms with Crippen LogP contribution >= 0.6 is 0 Å². The monoisotopic (exact) mass is 244 g/mol. The van der Waals surface area contributed by atoms with Gasteiger partial charge < -0.3 is 15.2 Å². The summed E-state index contributed by atoms with van der Waals surface area (Å²) in [4.78, 5) is 4.47. The molecule has 4 nitrogen and oxygen atoms in total. The molecule has 0 atom stereocenters. The Bertz CT molecular complexity index is 568. The van der Waals surface area contributed by atoms with E-state index in [9.17, 15) is 0 Å². The second-order valence-corrected chi connectivity index (χ2v) is 3.94. The first-order chi connectivity index (χ1) is 8.65. The quantitative estimate of drug-likeness (QED) is 0.901. The third kappa shape index (κ3) is 2.22. The van der Waals surface area contributed by atoms with Crippen molar-refractivity contribution in [2.24, 2.45) is 0 Å². The molecule has 0 bridgehead atoms. The smallest absolute Gasteiger partial charge is 0.128 e. The molecule has 0 amide bonds. The average Bonchev–Trinajstić information content (AvgIpc) is 2.41. The molecule has 0 aliphatic rings. The van der Waals surface area contributed by atoms with Crippen LogP contribution in [-0.2, 0) is 0 Å². The summed E-state index contributed by atoms with van der Waals surface area (Å²) in [6.45, 7) is 1.88. The Morgan fingerprint density at radius 2 is 1.83 bits per heavy atom. The van der Waals surface area contributed by atoms with Crippen molar-refractivity contribution < 1.29 is 9.47 Å². The van der Waals surface area contributed by atoms with Crippen molar-refractivity contribution >= 4 is 5.69 Å². The van der Waals surface area contributed by atoms with Gasteiger partial charge in [0.05, 0.1) is 31.3 Å². The molecule has 0 aliphatic heterocycles. The van der Waals surface area contributed by atoms with Gasteiger partial charge in [0.1, 0.15) is 11.5 Å². The Labute approximate surface area is 106 Å². The van der Waals surface area contributed by atoms with Crippen molar-refractivity contribution in [3.05, 3.63) is 36.0 Å². The van der Waals surface area contributed by atoms with Crippen molar-refractivity contribution in [3.63, 3.8) is 0 Å². The highest BCUT2D eigenvalue weighted by atomic mass is 16.5. The van der Waals surface area contributed by atoms with Gasteiger partial charge in [0.25, 0.3) is 0 Å². The molecule has 1 aromatic heterocycles. The number of rotatable bonds is 3. The molecular weight excluding hydrogens is 228 g/mol. The minimum atomic E-state index is 0.681. The Morgan fingerprint density at radius 3 is 2.44 bits per heavy atom. The van der Waals surface area contributed by atoms with E-state index in [-0.39, 0.29) is 0 Å². The fourth-order valence-electron chi connectivity index (χ4n) is 1.74. The summed E-state index contributed by atoms with van der Waals surface area (Å²) in [7, 11) is 3.27. The Hall–Kier alpha value is -2.23. The summed E-state index contributed by atoms with van der Waals surface area (Å²) >= 11 is 0.